The van der Waals surface area contributed by atoms with Gasteiger partial charge in [0.25, 0.3) is 0 Å². The second-order valence-electron chi connectivity index (χ2n) is 8.29. The molecule has 2 heterocycles. The Morgan fingerprint density at radius 2 is 1.97 bits per heavy atom. The van der Waals surface area contributed by atoms with E-state index in [9.17, 15) is 0 Å². The Kier molecular flexibility index (Phi) is 6.38. The highest BCUT2D eigenvalue weighted by Gasteiger charge is 2.24. The zero-order chi connectivity index (χ0) is 20.2. The number of rotatable bonds is 7. The van der Waals surface area contributed by atoms with E-state index in [1.807, 2.05) is 6.07 Å². The molecule has 0 bridgehead atoms. The van der Waals surface area contributed by atoms with Crippen molar-refractivity contribution in [2.24, 2.45) is 0 Å². The van der Waals surface area contributed by atoms with Crippen LogP contribution in [-0.4, -0.2) is 51.0 Å². The summed E-state index contributed by atoms with van der Waals surface area (Å²) in [5.41, 5.74) is 4.11. The standard InChI is InChI=1S/C24H32N2O3/c1-17(2)20-6-4-5-7-21(20)22-14-26(11-10-25-22)13-18-8-9-23(24(12-18)27-3)29-19-15-28-16-19/h4-9,12,17,19,22,25H,10-11,13-16H2,1-3H3/t22-/m0/s1. The molecule has 0 radical (unpaired) electrons. The summed E-state index contributed by atoms with van der Waals surface area (Å²) in [6, 6.07) is 15.5. The first kappa shape index (κ1) is 20.2. The van der Waals surface area contributed by atoms with Gasteiger partial charge in [-0.15, -0.1) is 0 Å². The summed E-state index contributed by atoms with van der Waals surface area (Å²) in [4.78, 5) is 2.52. The Morgan fingerprint density at radius 1 is 1.14 bits per heavy atom. The Labute approximate surface area is 174 Å². The third kappa shape index (κ3) is 4.74. The minimum atomic E-state index is 0.143. The minimum absolute atomic E-state index is 0.143. The van der Waals surface area contributed by atoms with E-state index in [2.05, 4.69) is 60.5 Å². The predicted octanol–water partition coefficient (Wildman–Crippen LogP) is 3.74. The SMILES string of the molecule is COc1cc(CN2CCN[C@H](c3ccccc3C(C)C)C2)ccc1OC1COC1. The van der Waals surface area contributed by atoms with E-state index >= 15 is 0 Å². The lowest BCUT2D eigenvalue weighted by atomic mass is 9.92. The molecule has 0 unspecified atom stereocenters. The van der Waals surface area contributed by atoms with Crippen molar-refractivity contribution in [2.75, 3.05) is 40.0 Å². The summed E-state index contributed by atoms with van der Waals surface area (Å²) >= 11 is 0. The van der Waals surface area contributed by atoms with Crippen LogP contribution in [-0.2, 0) is 11.3 Å². The molecule has 0 spiro atoms. The zero-order valence-corrected chi connectivity index (χ0v) is 17.7. The molecule has 1 atom stereocenters. The van der Waals surface area contributed by atoms with Gasteiger partial charge in [0.2, 0.25) is 0 Å². The van der Waals surface area contributed by atoms with Crippen molar-refractivity contribution < 1.29 is 14.2 Å². The van der Waals surface area contributed by atoms with E-state index < -0.39 is 0 Å². The van der Waals surface area contributed by atoms with Crippen LogP contribution in [0.4, 0.5) is 0 Å². The number of nitrogens with one attached hydrogen (secondary N) is 1. The zero-order valence-electron chi connectivity index (χ0n) is 17.7. The average molecular weight is 397 g/mol. The Bertz CT molecular complexity index is 820. The van der Waals surface area contributed by atoms with Crippen LogP contribution >= 0.6 is 0 Å². The van der Waals surface area contributed by atoms with Crippen molar-refractivity contribution in [3.8, 4) is 11.5 Å². The number of methoxy groups -OCH3 is 1. The van der Waals surface area contributed by atoms with Gasteiger partial charge >= 0.3 is 0 Å². The van der Waals surface area contributed by atoms with Gasteiger partial charge < -0.3 is 19.5 Å². The van der Waals surface area contributed by atoms with Crippen LogP contribution in [0.15, 0.2) is 42.5 Å². The molecule has 0 saturated carbocycles. The molecule has 2 aromatic carbocycles. The van der Waals surface area contributed by atoms with Crippen LogP contribution in [0.5, 0.6) is 11.5 Å². The summed E-state index contributed by atoms with van der Waals surface area (Å²) in [6.07, 6.45) is 0.143. The molecule has 0 amide bonds. The Morgan fingerprint density at radius 3 is 2.69 bits per heavy atom. The molecule has 2 saturated heterocycles. The van der Waals surface area contributed by atoms with Crippen molar-refractivity contribution >= 4 is 0 Å². The molecule has 2 aliphatic rings. The topological polar surface area (TPSA) is 43.0 Å². The van der Waals surface area contributed by atoms with Gasteiger partial charge in [-0.3, -0.25) is 4.90 Å². The molecule has 0 aliphatic carbocycles. The monoisotopic (exact) mass is 396 g/mol. The number of hydrogen-bond donors (Lipinski definition) is 1. The van der Waals surface area contributed by atoms with Crippen LogP contribution in [0, 0.1) is 0 Å². The smallest absolute Gasteiger partial charge is 0.161 e. The summed E-state index contributed by atoms with van der Waals surface area (Å²) in [5, 5.41) is 3.71. The molecule has 156 valence electrons. The van der Waals surface area contributed by atoms with Gasteiger partial charge in [0.05, 0.1) is 20.3 Å². The van der Waals surface area contributed by atoms with Gasteiger partial charge in [0, 0.05) is 32.2 Å². The quantitative estimate of drug-likeness (QED) is 0.772. The minimum Gasteiger partial charge on any atom is -0.493 e. The van der Waals surface area contributed by atoms with E-state index in [4.69, 9.17) is 14.2 Å². The second-order valence-corrected chi connectivity index (χ2v) is 8.29. The normalized spacial score (nSPS) is 20.5. The molecule has 0 aromatic heterocycles. The van der Waals surface area contributed by atoms with Gasteiger partial charge in [0.1, 0.15) is 6.10 Å². The number of piperazine rings is 1. The molecule has 2 aliphatic heterocycles. The van der Waals surface area contributed by atoms with E-state index in [1.54, 1.807) is 7.11 Å². The molecule has 4 rings (SSSR count). The number of hydrogen-bond acceptors (Lipinski definition) is 5. The molecule has 5 nitrogen and oxygen atoms in total. The molecular weight excluding hydrogens is 364 g/mol. The van der Waals surface area contributed by atoms with Gasteiger partial charge in [0.15, 0.2) is 11.5 Å². The van der Waals surface area contributed by atoms with Crippen molar-refractivity contribution in [1.29, 1.82) is 0 Å². The van der Waals surface area contributed by atoms with Crippen LogP contribution in [0.1, 0.15) is 42.5 Å². The predicted molar refractivity (Wildman–Crippen MR) is 115 cm³/mol. The van der Waals surface area contributed by atoms with Crippen LogP contribution in [0.3, 0.4) is 0 Å². The van der Waals surface area contributed by atoms with Crippen molar-refractivity contribution in [1.82, 2.24) is 10.2 Å². The maximum absolute atomic E-state index is 5.95. The van der Waals surface area contributed by atoms with Gasteiger partial charge in [-0.2, -0.15) is 0 Å². The van der Waals surface area contributed by atoms with Crippen molar-refractivity contribution in [3.05, 3.63) is 59.2 Å². The first-order valence-electron chi connectivity index (χ1n) is 10.6. The summed E-state index contributed by atoms with van der Waals surface area (Å²) in [5.74, 6) is 2.13. The lowest BCUT2D eigenvalue weighted by Gasteiger charge is -2.35. The summed E-state index contributed by atoms with van der Waals surface area (Å²) < 4.78 is 16.7. The highest BCUT2D eigenvalue weighted by atomic mass is 16.6. The largest absolute Gasteiger partial charge is 0.493 e. The number of nitrogens with zero attached hydrogens (tertiary/aromatic N) is 1. The Balaban J connectivity index is 1.44. The lowest BCUT2D eigenvalue weighted by Crippen LogP contribution is -2.45. The fourth-order valence-corrected chi connectivity index (χ4v) is 4.14. The van der Waals surface area contributed by atoms with E-state index in [0.29, 0.717) is 25.2 Å². The molecule has 2 aromatic rings. The number of ether oxygens (including phenoxy) is 3. The fourth-order valence-electron chi connectivity index (χ4n) is 4.14. The maximum Gasteiger partial charge on any atom is 0.161 e. The molecule has 2 fully saturated rings. The van der Waals surface area contributed by atoms with E-state index in [-0.39, 0.29) is 6.10 Å². The van der Waals surface area contributed by atoms with E-state index in [1.165, 1.54) is 16.7 Å². The van der Waals surface area contributed by atoms with Crippen molar-refractivity contribution in [3.63, 3.8) is 0 Å². The first-order chi connectivity index (χ1) is 14.1. The van der Waals surface area contributed by atoms with Gasteiger partial charge in [-0.05, 0) is 34.7 Å². The molecule has 1 N–H and O–H groups in total. The fraction of sp³-hybridized carbons (Fsp3) is 0.500. The third-order valence-electron chi connectivity index (χ3n) is 5.79. The van der Waals surface area contributed by atoms with Crippen LogP contribution < -0.4 is 14.8 Å². The van der Waals surface area contributed by atoms with E-state index in [0.717, 1.165) is 37.7 Å². The first-order valence-corrected chi connectivity index (χ1v) is 10.6. The molecular formula is C24H32N2O3. The number of benzene rings is 2. The van der Waals surface area contributed by atoms with Crippen molar-refractivity contribution in [2.45, 2.75) is 38.5 Å². The van der Waals surface area contributed by atoms with Crippen LogP contribution in [0.2, 0.25) is 0 Å². The van der Waals surface area contributed by atoms with Crippen LogP contribution in [0.25, 0.3) is 0 Å². The second kappa shape index (κ2) is 9.16. The molecule has 5 heteroatoms. The third-order valence-corrected chi connectivity index (χ3v) is 5.79. The van der Waals surface area contributed by atoms with Gasteiger partial charge in [-0.1, -0.05) is 44.2 Å². The Hall–Kier alpha value is -2.08. The summed E-state index contributed by atoms with van der Waals surface area (Å²) in [7, 11) is 1.70. The highest BCUT2D eigenvalue weighted by molar-refractivity contribution is 5.43. The lowest BCUT2D eigenvalue weighted by molar-refractivity contribution is -0.0803. The summed E-state index contributed by atoms with van der Waals surface area (Å²) in [6.45, 7) is 9.80. The highest BCUT2D eigenvalue weighted by Crippen LogP contribution is 2.31. The average Bonchev–Trinajstić information content (AvgIpc) is 2.71. The molecule has 29 heavy (non-hydrogen) atoms. The maximum atomic E-state index is 5.95. The van der Waals surface area contributed by atoms with Gasteiger partial charge in [-0.25, -0.2) is 0 Å².